The number of benzene rings is 1. The van der Waals surface area contributed by atoms with Crippen LogP contribution in [0, 0.1) is 0 Å². The second kappa shape index (κ2) is 4.57. The number of oxazole rings is 1. The van der Waals surface area contributed by atoms with Crippen LogP contribution in [0.4, 0.5) is 6.01 Å². The van der Waals surface area contributed by atoms with Crippen molar-refractivity contribution in [2.24, 2.45) is 0 Å². The van der Waals surface area contributed by atoms with Crippen molar-refractivity contribution in [3.8, 4) is 0 Å². The van der Waals surface area contributed by atoms with Crippen LogP contribution in [0.1, 0.15) is 13.8 Å². The summed E-state index contributed by atoms with van der Waals surface area (Å²) in [4.78, 5) is 7.09. The van der Waals surface area contributed by atoms with Crippen LogP contribution in [0.2, 0.25) is 0 Å². The maximum Gasteiger partial charge on any atom is 0.296 e. The smallest absolute Gasteiger partial charge is 0.296 e. The highest BCUT2D eigenvalue weighted by Crippen LogP contribution is 2.22. The summed E-state index contributed by atoms with van der Waals surface area (Å²) in [6.07, 6.45) is 0. The zero-order valence-corrected chi connectivity index (χ0v) is 11.8. The Balaban J connectivity index is 2.25. The van der Waals surface area contributed by atoms with E-state index in [1.807, 2.05) is 57.1 Å². The number of nitrogens with one attached hydrogen (secondary N) is 1. The largest absolute Gasteiger partial charge is 0.424 e. The molecular formula is C13H17N3OS. The second-order valence-corrected chi connectivity index (χ2v) is 5.32. The van der Waals surface area contributed by atoms with Gasteiger partial charge in [0.2, 0.25) is 0 Å². The van der Waals surface area contributed by atoms with Gasteiger partial charge in [-0.05, 0) is 26.0 Å². The summed E-state index contributed by atoms with van der Waals surface area (Å²) in [6.45, 7) is 4.01. The lowest BCUT2D eigenvalue weighted by molar-refractivity contribution is 0.546. The van der Waals surface area contributed by atoms with Crippen molar-refractivity contribution in [1.82, 2.24) is 9.88 Å². The zero-order valence-electron chi connectivity index (χ0n) is 11.0. The van der Waals surface area contributed by atoms with Gasteiger partial charge in [-0.1, -0.05) is 24.4 Å². The summed E-state index contributed by atoms with van der Waals surface area (Å²) in [6, 6.07) is 8.16. The first kappa shape index (κ1) is 12.8. The van der Waals surface area contributed by atoms with Gasteiger partial charge in [0.15, 0.2) is 5.58 Å². The maximum absolute atomic E-state index is 5.63. The van der Waals surface area contributed by atoms with Crippen LogP contribution < -0.4 is 5.32 Å². The van der Waals surface area contributed by atoms with Crippen molar-refractivity contribution in [3.63, 3.8) is 0 Å². The van der Waals surface area contributed by atoms with Crippen molar-refractivity contribution in [3.05, 3.63) is 24.3 Å². The number of nitrogens with zero attached hydrogens (tertiary/aromatic N) is 2. The quantitative estimate of drug-likeness (QED) is 0.862. The number of thiocarbonyl (C=S) groups is 1. The number of likely N-dealkylation sites (N-methyl/N-ethyl adjacent to an activating group) is 1. The van der Waals surface area contributed by atoms with E-state index in [1.165, 1.54) is 0 Å². The minimum Gasteiger partial charge on any atom is -0.424 e. The van der Waals surface area contributed by atoms with E-state index in [9.17, 15) is 0 Å². The summed E-state index contributed by atoms with van der Waals surface area (Å²) in [7, 11) is 3.86. The molecule has 1 aromatic carbocycles. The van der Waals surface area contributed by atoms with Crippen molar-refractivity contribution >= 4 is 34.3 Å². The summed E-state index contributed by atoms with van der Waals surface area (Å²) in [5.74, 6) is 0. The van der Waals surface area contributed by atoms with E-state index in [0.29, 0.717) is 6.01 Å². The van der Waals surface area contributed by atoms with Gasteiger partial charge < -0.3 is 14.6 Å². The van der Waals surface area contributed by atoms with E-state index in [4.69, 9.17) is 16.6 Å². The van der Waals surface area contributed by atoms with Gasteiger partial charge in [-0.2, -0.15) is 4.98 Å². The topological polar surface area (TPSA) is 41.3 Å². The van der Waals surface area contributed by atoms with Crippen LogP contribution in [-0.4, -0.2) is 34.5 Å². The Morgan fingerprint density at radius 3 is 2.61 bits per heavy atom. The normalized spacial score (nSPS) is 11.6. The Bertz CT molecular complexity index is 541. The third-order valence-corrected chi connectivity index (χ3v) is 3.53. The van der Waals surface area contributed by atoms with Gasteiger partial charge in [-0.15, -0.1) is 0 Å². The summed E-state index contributed by atoms with van der Waals surface area (Å²) in [5.41, 5.74) is 1.22. The molecule has 5 heteroatoms. The third kappa shape index (κ3) is 2.46. The highest BCUT2D eigenvalue weighted by Gasteiger charge is 2.26. The molecule has 0 radical (unpaired) electrons. The van der Waals surface area contributed by atoms with Crippen molar-refractivity contribution in [2.45, 2.75) is 19.4 Å². The number of para-hydroxylation sites is 2. The molecule has 0 aliphatic rings. The third-order valence-electron chi connectivity index (χ3n) is 2.65. The van der Waals surface area contributed by atoms with Crippen LogP contribution in [0.3, 0.4) is 0 Å². The van der Waals surface area contributed by atoms with Gasteiger partial charge in [0.1, 0.15) is 10.5 Å². The molecule has 1 N–H and O–H groups in total. The van der Waals surface area contributed by atoms with Crippen LogP contribution in [0.15, 0.2) is 28.7 Å². The van der Waals surface area contributed by atoms with Crippen molar-refractivity contribution < 1.29 is 4.42 Å². The van der Waals surface area contributed by atoms with E-state index in [-0.39, 0.29) is 5.54 Å². The molecule has 0 fully saturated rings. The lowest BCUT2D eigenvalue weighted by Crippen LogP contribution is -2.46. The fourth-order valence-corrected chi connectivity index (χ4v) is 1.86. The SMILES string of the molecule is CN(C)C(=S)C(C)(C)Nc1nc2ccccc2o1. The summed E-state index contributed by atoms with van der Waals surface area (Å²) in [5, 5.41) is 3.23. The maximum atomic E-state index is 5.63. The Labute approximate surface area is 112 Å². The molecule has 2 aromatic rings. The number of hydrogen-bond donors (Lipinski definition) is 1. The zero-order chi connectivity index (χ0) is 13.3. The number of anilines is 1. The van der Waals surface area contributed by atoms with Crippen molar-refractivity contribution in [1.29, 1.82) is 0 Å². The van der Waals surface area contributed by atoms with Crippen LogP contribution in [-0.2, 0) is 0 Å². The fourth-order valence-electron chi connectivity index (χ4n) is 1.81. The molecule has 0 saturated heterocycles. The van der Waals surface area contributed by atoms with Crippen LogP contribution in [0.5, 0.6) is 0 Å². The summed E-state index contributed by atoms with van der Waals surface area (Å²) < 4.78 is 5.63. The lowest BCUT2D eigenvalue weighted by Gasteiger charge is -2.30. The van der Waals surface area contributed by atoms with E-state index >= 15 is 0 Å². The minimum absolute atomic E-state index is 0.389. The second-order valence-electron chi connectivity index (χ2n) is 4.94. The predicted octanol–water partition coefficient (Wildman–Crippen LogP) is 2.91. The first-order chi connectivity index (χ1) is 8.40. The van der Waals surface area contributed by atoms with Crippen molar-refractivity contribution in [2.75, 3.05) is 19.4 Å². The Morgan fingerprint density at radius 1 is 1.33 bits per heavy atom. The molecule has 1 aromatic heterocycles. The molecule has 4 nitrogen and oxygen atoms in total. The van der Waals surface area contributed by atoms with Gasteiger partial charge in [0.25, 0.3) is 6.01 Å². The molecule has 0 aliphatic heterocycles. The van der Waals surface area contributed by atoms with Gasteiger partial charge in [0, 0.05) is 14.1 Å². The van der Waals surface area contributed by atoms with E-state index in [0.717, 1.165) is 16.1 Å². The van der Waals surface area contributed by atoms with E-state index < -0.39 is 0 Å². The first-order valence-electron chi connectivity index (χ1n) is 5.75. The molecule has 96 valence electrons. The number of fused-ring (bicyclic) bond motifs is 1. The Kier molecular flexibility index (Phi) is 3.26. The van der Waals surface area contributed by atoms with Gasteiger partial charge in [0.05, 0.1) is 5.54 Å². The van der Waals surface area contributed by atoms with E-state index in [1.54, 1.807) is 0 Å². The molecule has 1 heterocycles. The van der Waals surface area contributed by atoms with Crippen LogP contribution in [0.25, 0.3) is 11.1 Å². The number of rotatable bonds is 3. The average molecular weight is 263 g/mol. The van der Waals surface area contributed by atoms with Gasteiger partial charge in [-0.3, -0.25) is 0 Å². The molecule has 2 rings (SSSR count). The minimum atomic E-state index is -0.389. The molecule has 0 amide bonds. The Hall–Kier alpha value is -1.62. The standard InChI is InChI=1S/C13H17N3OS/c1-13(2,11(18)16(3)4)15-12-14-9-7-5-6-8-10(9)17-12/h5-8H,1-4H3,(H,14,15). The fraction of sp³-hybridized carbons (Fsp3) is 0.385. The summed E-state index contributed by atoms with van der Waals surface area (Å²) >= 11 is 5.39. The van der Waals surface area contributed by atoms with Gasteiger partial charge in [-0.25, -0.2) is 0 Å². The average Bonchev–Trinajstić information content (AvgIpc) is 2.68. The molecule has 0 bridgehead atoms. The molecule has 0 saturated carbocycles. The lowest BCUT2D eigenvalue weighted by atomic mass is 10.1. The number of hydrogen-bond acceptors (Lipinski definition) is 4. The molecule has 0 unspecified atom stereocenters. The molecule has 0 spiro atoms. The van der Waals surface area contributed by atoms with Gasteiger partial charge >= 0.3 is 0 Å². The highest BCUT2D eigenvalue weighted by atomic mass is 32.1. The number of aromatic nitrogens is 1. The molecule has 0 atom stereocenters. The molecule has 0 aliphatic carbocycles. The molecular weight excluding hydrogens is 246 g/mol. The molecule has 18 heavy (non-hydrogen) atoms. The van der Waals surface area contributed by atoms with Crippen LogP contribution >= 0.6 is 12.2 Å². The Morgan fingerprint density at radius 2 is 2.00 bits per heavy atom. The highest BCUT2D eigenvalue weighted by molar-refractivity contribution is 7.80. The predicted molar refractivity (Wildman–Crippen MR) is 78.0 cm³/mol. The van der Waals surface area contributed by atoms with E-state index in [2.05, 4.69) is 10.3 Å². The first-order valence-corrected chi connectivity index (χ1v) is 6.16. The monoisotopic (exact) mass is 263 g/mol.